The molecule has 3 aromatic rings. The Kier molecular flexibility index (Phi) is 6.28. The van der Waals surface area contributed by atoms with Crippen molar-refractivity contribution in [3.8, 4) is 0 Å². The van der Waals surface area contributed by atoms with Gasteiger partial charge in [0.1, 0.15) is 5.82 Å². The monoisotopic (exact) mass is 419 g/mol. The van der Waals surface area contributed by atoms with E-state index in [0.29, 0.717) is 12.1 Å². The van der Waals surface area contributed by atoms with Gasteiger partial charge in [0.25, 0.3) is 0 Å². The molecule has 2 amide bonds. The van der Waals surface area contributed by atoms with E-state index in [-0.39, 0.29) is 11.7 Å². The number of fused-ring (bicyclic) bond motifs is 1. The van der Waals surface area contributed by atoms with Gasteiger partial charge >= 0.3 is 11.8 Å². The number of hydrogen-bond donors (Lipinski definition) is 2. The smallest absolute Gasteiger partial charge is 0.313 e. The van der Waals surface area contributed by atoms with E-state index in [9.17, 15) is 14.0 Å². The van der Waals surface area contributed by atoms with Crippen LogP contribution in [-0.2, 0) is 9.59 Å². The molecule has 0 unspecified atom stereocenters. The number of aryl methyl sites for hydroxylation is 1. The van der Waals surface area contributed by atoms with Crippen LogP contribution in [0.15, 0.2) is 60.7 Å². The van der Waals surface area contributed by atoms with Crippen molar-refractivity contribution in [3.63, 3.8) is 0 Å². The molecular formula is C25H26FN3O2. The van der Waals surface area contributed by atoms with Gasteiger partial charge in [0.15, 0.2) is 0 Å². The summed E-state index contributed by atoms with van der Waals surface area (Å²) >= 11 is 0. The van der Waals surface area contributed by atoms with E-state index in [1.165, 1.54) is 6.07 Å². The second kappa shape index (κ2) is 9.27. The fourth-order valence-corrected chi connectivity index (χ4v) is 4.16. The van der Waals surface area contributed by atoms with Crippen LogP contribution < -0.4 is 10.6 Å². The predicted molar refractivity (Wildman–Crippen MR) is 120 cm³/mol. The number of carbonyl (C=O) groups excluding carboxylic acids is 2. The Morgan fingerprint density at radius 2 is 1.74 bits per heavy atom. The van der Waals surface area contributed by atoms with Crippen molar-refractivity contribution in [3.05, 3.63) is 77.6 Å². The number of nitrogens with zero attached hydrogens (tertiary/aromatic N) is 1. The molecule has 1 atom stereocenters. The molecular weight excluding hydrogens is 393 g/mol. The fraction of sp³-hybridized carbons (Fsp3) is 0.280. The molecule has 5 nitrogen and oxygen atoms in total. The lowest BCUT2D eigenvalue weighted by Crippen LogP contribution is -2.41. The SMILES string of the molecule is Cc1ccc(NC(=O)C(=O)NC[C@H](c2cccc3ccccc23)N2CCCC2)cc1F. The molecule has 0 radical (unpaired) electrons. The summed E-state index contributed by atoms with van der Waals surface area (Å²) in [6, 6.07) is 18.7. The third-order valence-corrected chi connectivity index (χ3v) is 5.86. The van der Waals surface area contributed by atoms with Crippen molar-refractivity contribution in [2.24, 2.45) is 0 Å². The highest BCUT2D eigenvalue weighted by Gasteiger charge is 2.26. The number of halogens is 1. The quantitative estimate of drug-likeness (QED) is 0.610. The van der Waals surface area contributed by atoms with Crippen LogP contribution in [-0.4, -0.2) is 36.3 Å². The summed E-state index contributed by atoms with van der Waals surface area (Å²) in [5.41, 5.74) is 1.88. The van der Waals surface area contributed by atoms with Gasteiger partial charge in [-0.05, 0) is 66.9 Å². The Bertz CT molecular complexity index is 1100. The zero-order valence-corrected chi connectivity index (χ0v) is 17.5. The molecule has 4 rings (SSSR count). The number of likely N-dealkylation sites (tertiary alicyclic amines) is 1. The predicted octanol–water partition coefficient (Wildman–Crippen LogP) is 4.18. The first-order chi connectivity index (χ1) is 15.0. The zero-order chi connectivity index (χ0) is 21.8. The van der Waals surface area contributed by atoms with Crippen molar-refractivity contribution in [1.82, 2.24) is 10.2 Å². The van der Waals surface area contributed by atoms with Crippen LogP contribution in [0.2, 0.25) is 0 Å². The Morgan fingerprint density at radius 3 is 2.52 bits per heavy atom. The minimum Gasteiger partial charge on any atom is -0.346 e. The van der Waals surface area contributed by atoms with E-state index in [2.05, 4.69) is 39.8 Å². The van der Waals surface area contributed by atoms with Crippen LogP contribution in [0.25, 0.3) is 10.8 Å². The highest BCUT2D eigenvalue weighted by Crippen LogP contribution is 2.30. The molecule has 3 aromatic carbocycles. The number of benzene rings is 3. The Labute approximate surface area is 181 Å². The van der Waals surface area contributed by atoms with Gasteiger partial charge < -0.3 is 10.6 Å². The normalized spacial score (nSPS) is 15.0. The minimum atomic E-state index is -0.804. The summed E-state index contributed by atoms with van der Waals surface area (Å²) in [5, 5.41) is 7.55. The number of rotatable bonds is 5. The molecule has 1 saturated heterocycles. The van der Waals surface area contributed by atoms with E-state index in [1.807, 2.05) is 18.2 Å². The zero-order valence-electron chi connectivity index (χ0n) is 17.5. The average Bonchev–Trinajstić information content (AvgIpc) is 3.31. The molecule has 6 heteroatoms. The number of amides is 2. The second-order valence-electron chi connectivity index (χ2n) is 7.96. The molecule has 0 aliphatic carbocycles. The molecule has 160 valence electrons. The third kappa shape index (κ3) is 4.75. The van der Waals surface area contributed by atoms with Crippen LogP contribution in [0.1, 0.15) is 30.0 Å². The van der Waals surface area contributed by atoms with E-state index < -0.39 is 17.6 Å². The number of nitrogens with one attached hydrogen (secondary N) is 2. The van der Waals surface area contributed by atoms with Gasteiger partial charge in [-0.25, -0.2) is 4.39 Å². The highest BCUT2D eigenvalue weighted by atomic mass is 19.1. The average molecular weight is 420 g/mol. The van der Waals surface area contributed by atoms with Crippen LogP contribution in [0.3, 0.4) is 0 Å². The van der Waals surface area contributed by atoms with Crippen molar-refractivity contribution in [2.45, 2.75) is 25.8 Å². The van der Waals surface area contributed by atoms with E-state index in [4.69, 9.17) is 0 Å². The summed E-state index contributed by atoms with van der Waals surface area (Å²) in [5.74, 6) is -1.96. The van der Waals surface area contributed by atoms with Crippen molar-refractivity contribution >= 4 is 28.3 Å². The fourth-order valence-electron chi connectivity index (χ4n) is 4.16. The molecule has 31 heavy (non-hydrogen) atoms. The first kappa shape index (κ1) is 21.0. The van der Waals surface area contributed by atoms with E-state index in [1.54, 1.807) is 19.1 Å². The van der Waals surface area contributed by atoms with Gasteiger partial charge in [0, 0.05) is 12.2 Å². The van der Waals surface area contributed by atoms with Crippen LogP contribution in [0.5, 0.6) is 0 Å². The molecule has 1 heterocycles. The summed E-state index contributed by atoms with van der Waals surface area (Å²) < 4.78 is 13.7. The number of carbonyl (C=O) groups is 2. The van der Waals surface area contributed by atoms with Gasteiger partial charge in [-0.15, -0.1) is 0 Å². The van der Waals surface area contributed by atoms with Gasteiger partial charge in [-0.1, -0.05) is 48.5 Å². The standard InChI is InChI=1S/C25H26FN3O2/c1-17-11-12-19(15-22(17)26)28-25(31)24(30)27-16-23(29-13-4-5-14-29)21-10-6-8-18-7-2-3-9-20(18)21/h2-3,6-12,15,23H,4-5,13-14,16H2,1H3,(H,27,30)(H,28,31)/t23-/m1/s1. The van der Waals surface area contributed by atoms with E-state index in [0.717, 1.165) is 42.3 Å². The topological polar surface area (TPSA) is 61.4 Å². The Morgan fingerprint density at radius 1 is 1.00 bits per heavy atom. The first-order valence-electron chi connectivity index (χ1n) is 10.6. The second-order valence-corrected chi connectivity index (χ2v) is 7.96. The molecule has 0 spiro atoms. The van der Waals surface area contributed by atoms with Gasteiger partial charge in [0.05, 0.1) is 6.04 Å². The van der Waals surface area contributed by atoms with Crippen LogP contribution in [0.4, 0.5) is 10.1 Å². The minimum absolute atomic E-state index is 0.0258. The van der Waals surface area contributed by atoms with Gasteiger partial charge in [-0.2, -0.15) is 0 Å². The molecule has 0 bridgehead atoms. The highest BCUT2D eigenvalue weighted by molar-refractivity contribution is 6.39. The summed E-state index contributed by atoms with van der Waals surface area (Å²) in [4.78, 5) is 27.2. The number of hydrogen-bond acceptors (Lipinski definition) is 3. The molecule has 0 saturated carbocycles. The number of anilines is 1. The summed E-state index contributed by atoms with van der Waals surface area (Å²) in [6.07, 6.45) is 2.24. The third-order valence-electron chi connectivity index (χ3n) is 5.86. The molecule has 1 aliphatic rings. The van der Waals surface area contributed by atoms with Gasteiger partial charge in [0.2, 0.25) is 0 Å². The summed E-state index contributed by atoms with van der Waals surface area (Å²) in [6.45, 7) is 3.87. The molecule has 1 fully saturated rings. The first-order valence-corrected chi connectivity index (χ1v) is 10.6. The van der Waals surface area contributed by atoms with Crippen LogP contribution >= 0.6 is 0 Å². The molecule has 0 aromatic heterocycles. The van der Waals surface area contributed by atoms with Crippen molar-refractivity contribution < 1.29 is 14.0 Å². The van der Waals surface area contributed by atoms with Crippen LogP contribution in [0, 0.1) is 12.7 Å². The summed E-state index contributed by atoms with van der Waals surface area (Å²) in [7, 11) is 0. The molecule has 1 aliphatic heterocycles. The Hall–Kier alpha value is -3.25. The Balaban J connectivity index is 1.49. The maximum Gasteiger partial charge on any atom is 0.313 e. The lowest BCUT2D eigenvalue weighted by Gasteiger charge is -2.29. The lowest BCUT2D eigenvalue weighted by molar-refractivity contribution is -0.136. The van der Waals surface area contributed by atoms with Crippen molar-refractivity contribution in [1.29, 1.82) is 0 Å². The maximum absolute atomic E-state index is 13.7. The van der Waals surface area contributed by atoms with Gasteiger partial charge in [-0.3, -0.25) is 14.5 Å². The van der Waals surface area contributed by atoms with E-state index >= 15 is 0 Å². The van der Waals surface area contributed by atoms with Crippen molar-refractivity contribution in [2.75, 3.05) is 25.0 Å². The molecule has 2 N–H and O–H groups in total. The maximum atomic E-state index is 13.7. The largest absolute Gasteiger partial charge is 0.346 e. The lowest BCUT2D eigenvalue weighted by atomic mass is 9.97.